The summed E-state index contributed by atoms with van der Waals surface area (Å²) >= 11 is 0. The zero-order valence-corrected chi connectivity index (χ0v) is 23.4. The average Bonchev–Trinajstić information content (AvgIpc) is 3.04. The summed E-state index contributed by atoms with van der Waals surface area (Å²) in [5, 5.41) is 21.1. The summed E-state index contributed by atoms with van der Waals surface area (Å²) in [6.45, 7) is 4.91. The van der Waals surface area contributed by atoms with Gasteiger partial charge < -0.3 is 25.3 Å². The van der Waals surface area contributed by atoms with E-state index in [2.05, 4.69) is 17.5 Å². The molecule has 2 aromatic carbocycles. The standard InChI is InChI=1S/C22H22N4O2.2C5H10O/c23-14-17-3-7-19(8-4-17)18-5-1-16(2-6-18)13-20(15-24)26-21(27)22(25)9-11-28-12-10-22;2*1-2-4-6-5-3-1/h1-8,20H,9-13,25H2,(H,26,27);2*1-5H2/t20-;;/m0../s1. The van der Waals surface area contributed by atoms with Gasteiger partial charge in [0.05, 0.1) is 23.2 Å². The molecule has 0 spiro atoms. The van der Waals surface area contributed by atoms with Crippen LogP contribution in [0.15, 0.2) is 48.5 Å². The zero-order chi connectivity index (χ0) is 28.5. The van der Waals surface area contributed by atoms with Crippen LogP contribution in [0.5, 0.6) is 0 Å². The molecule has 0 aliphatic carbocycles. The Morgan fingerprint density at radius 3 is 1.65 bits per heavy atom. The SMILES string of the molecule is C1CCOCC1.C1CCOCC1.N#Cc1ccc(-c2ccc(C[C@@H](C#N)NC(=O)C3(N)CCOCC3)cc2)cc1. The molecule has 0 saturated carbocycles. The van der Waals surface area contributed by atoms with Crippen LogP contribution in [0.3, 0.4) is 0 Å². The zero-order valence-electron chi connectivity index (χ0n) is 23.4. The maximum atomic E-state index is 12.5. The minimum atomic E-state index is -0.965. The molecule has 1 amide bonds. The van der Waals surface area contributed by atoms with E-state index in [1.807, 2.05) is 36.4 Å². The van der Waals surface area contributed by atoms with Crippen LogP contribution in [0, 0.1) is 22.7 Å². The molecule has 3 saturated heterocycles. The van der Waals surface area contributed by atoms with Gasteiger partial charge >= 0.3 is 0 Å². The number of carbonyl (C=O) groups is 1. The predicted molar refractivity (Wildman–Crippen MR) is 154 cm³/mol. The van der Waals surface area contributed by atoms with Crippen molar-refractivity contribution in [3.63, 3.8) is 0 Å². The highest BCUT2D eigenvalue weighted by Gasteiger charge is 2.36. The molecule has 3 N–H and O–H groups in total. The van der Waals surface area contributed by atoms with Crippen molar-refractivity contribution in [3.8, 4) is 23.3 Å². The number of nitrogens with two attached hydrogens (primary N) is 1. The summed E-state index contributed by atoms with van der Waals surface area (Å²) in [6.07, 6.45) is 9.18. The summed E-state index contributed by atoms with van der Waals surface area (Å²) in [5.74, 6) is -0.295. The highest BCUT2D eigenvalue weighted by Crippen LogP contribution is 2.21. The van der Waals surface area contributed by atoms with Crippen LogP contribution in [-0.4, -0.2) is 57.1 Å². The lowest BCUT2D eigenvalue weighted by atomic mass is 9.90. The Balaban J connectivity index is 0.000000300. The molecular weight excluding hydrogens is 504 g/mol. The Labute approximate surface area is 238 Å². The lowest BCUT2D eigenvalue weighted by molar-refractivity contribution is -0.130. The molecule has 8 heteroatoms. The third-order valence-corrected chi connectivity index (χ3v) is 7.19. The maximum Gasteiger partial charge on any atom is 0.241 e. The van der Waals surface area contributed by atoms with E-state index in [1.165, 1.54) is 38.5 Å². The number of ether oxygens (including phenoxy) is 3. The fourth-order valence-corrected chi connectivity index (χ4v) is 4.57. The first-order chi connectivity index (χ1) is 19.5. The van der Waals surface area contributed by atoms with Crippen molar-refractivity contribution in [2.45, 2.75) is 69.4 Å². The van der Waals surface area contributed by atoms with Crippen molar-refractivity contribution in [1.29, 1.82) is 10.5 Å². The second kappa shape index (κ2) is 17.4. The number of rotatable bonds is 5. The number of carbonyl (C=O) groups excluding carboxylic acids is 1. The van der Waals surface area contributed by atoms with Crippen molar-refractivity contribution in [2.24, 2.45) is 5.73 Å². The highest BCUT2D eigenvalue weighted by atomic mass is 16.5. The number of nitrogens with one attached hydrogen (secondary N) is 1. The van der Waals surface area contributed by atoms with Gasteiger partial charge in [0.2, 0.25) is 5.91 Å². The summed E-state index contributed by atoms with van der Waals surface area (Å²) in [6, 6.07) is 18.8. The van der Waals surface area contributed by atoms with Gasteiger partial charge in [-0.05, 0) is 80.2 Å². The van der Waals surface area contributed by atoms with Gasteiger partial charge in [-0.2, -0.15) is 10.5 Å². The number of nitrogens with zero attached hydrogens (tertiary/aromatic N) is 2. The lowest BCUT2D eigenvalue weighted by Crippen LogP contribution is -2.58. The number of hydrogen-bond acceptors (Lipinski definition) is 7. The molecule has 5 rings (SSSR count). The third kappa shape index (κ3) is 10.7. The molecule has 0 aromatic heterocycles. The molecule has 8 nitrogen and oxygen atoms in total. The minimum Gasteiger partial charge on any atom is -0.381 e. The van der Waals surface area contributed by atoms with Gasteiger partial charge in [0.15, 0.2) is 0 Å². The molecule has 3 aliphatic rings. The van der Waals surface area contributed by atoms with Gasteiger partial charge in [-0.3, -0.25) is 4.79 Å². The first-order valence-electron chi connectivity index (χ1n) is 14.4. The molecule has 3 fully saturated rings. The second-order valence-electron chi connectivity index (χ2n) is 10.4. The van der Waals surface area contributed by atoms with E-state index in [4.69, 9.17) is 25.2 Å². The van der Waals surface area contributed by atoms with E-state index in [-0.39, 0.29) is 5.91 Å². The largest absolute Gasteiger partial charge is 0.381 e. The van der Waals surface area contributed by atoms with Gasteiger partial charge in [0.1, 0.15) is 6.04 Å². The Bertz CT molecular complexity index is 1060. The van der Waals surface area contributed by atoms with Gasteiger partial charge in [-0.25, -0.2) is 0 Å². The second-order valence-corrected chi connectivity index (χ2v) is 10.4. The van der Waals surface area contributed by atoms with Crippen molar-refractivity contribution in [2.75, 3.05) is 39.6 Å². The molecule has 1 atom stereocenters. The quantitative estimate of drug-likeness (QED) is 0.558. The van der Waals surface area contributed by atoms with Crippen LogP contribution in [-0.2, 0) is 25.4 Å². The fourth-order valence-electron chi connectivity index (χ4n) is 4.57. The summed E-state index contributed by atoms with van der Waals surface area (Å²) in [7, 11) is 0. The molecule has 40 heavy (non-hydrogen) atoms. The maximum absolute atomic E-state index is 12.5. The van der Waals surface area contributed by atoms with Crippen LogP contribution in [0.2, 0.25) is 0 Å². The van der Waals surface area contributed by atoms with Gasteiger partial charge in [0, 0.05) is 46.1 Å². The van der Waals surface area contributed by atoms with Crippen LogP contribution < -0.4 is 11.1 Å². The monoisotopic (exact) mass is 546 g/mol. The Kier molecular flexibility index (Phi) is 13.6. The van der Waals surface area contributed by atoms with E-state index in [1.54, 1.807) is 12.1 Å². The van der Waals surface area contributed by atoms with E-state index in [9.17, 15) is 10.1 Å². The number of benzene rings is 2. The van der Waals surface area contributed by atoms with Crippen molar-refractivity contribution in [1.82, 2.24) is 5.32 Å². The third-order valence-electron chi connectivity index (χ3n) is 7.19. The normalized spacial score (nSPS) is 18.7. The minimum absolute atomic E-state index is 0.295. The fraction of sp³-hybridized carbons (Fsp3) is 0.531. The molecule has 0 unspecified atom stereocenters. The number of hydrogen-bond donors (Lipinski definition) is 2. The molecule has 3 heterocycles. The molecule has 2 aromatic rings. The molecular formula is C32H42N4O4. The van der Waals surface area contributed by atoms with Crippen LogP contribution in [0.1, 0.15) is 62.5 Å². The van der Waals surface area contributed by atoms with Crippen LogP contribution in [0.4, 0.5) is 0 Å². The van der Waals surface area contributed by atoms with Gasteiger partial charge in [0.25, 0.3) is 0 Å². The summed E-state index contributed by atoms with van der Waals surface area (Å²) in [5.41, 5.74) is 8.82. The first kappa shape index (κ1) is 31.3. The molecule has 214 valence electrons. The molecule has 3 aliphatic heterocycles. The van der Waals surface area contributed by atoms with Crippen molar-refractivity contribution in [3.05, 3.63) is 59.7 Å². The summed E-state index contributed by atoms with van der Waals surface area (Å²) < 4.78 is 15.4. The topological polar surface area (TPSA) is 130 Å². The molecule has 0 radical (unpaired) electrons. The highest BCUT2D eigenvalue weighted by molar-refractivity contribution is 5.86. The Hall–Kier alpha value is -3.27. The van der Waals surface area contributed by atoms with E-state index in [0.717, 1.165) is 43.1 Å². The van der Waals surface area contributed by atoms with Crippen molar-refractivity contribution < 1.29 is 19.0 Å². The van der Waals surface area contributed by atoms with Gasteiger partial charge in [-0.1, -0.05) is 36.4 Å². The average molecular weight is 547 g/mol. The summed E-state index contributed by atoms with van der Waals surface area (Å²) in [4.78, 5) is 12.5. The van der Waals surface area contributed by atoms with E-state index >= 15 is 0 Å². The lowest BCUT2D eigenvalue weighted by Gasteiger charge is -2.32. The van der Waals surface area contributed by atoms with Gasteiger partial charge in [-0.15, -0.1) is 0 Å². The van der Waals surface area contributed by atoms with Crippen LogP contribution in [0.25, 0.3) is 11.1 Å². The van der Waals surface area contributed by atoms with E-state index < -0.39 is 11.6 Å². The van der Waals surface area contributed by atoms with E-state index in [0.29, 0.717) is 38.0 Å². The predicted octanol–water partition coefficient (Wildman–Crippen LogP) is 4.66. The number of nitriles is 2. The Morgan fingerprint density at radius 2 is 1.25 bits per heavy atom. The first-order valence-corrected chi connectivity index (χ1v) is 14.4. The van der Waals surface area contributed by atoms with Crippen molar-refractivity contribution >= 4 is 5.91 Å². The Morgan fingerprint density at radius 1 is 0.775 bits per heavy atom. The number of amides is 1. The molecule has 0 bridgehead atoms. The van der Waals surface area contributed by atoms with Crippen LogP contribution >= 0.6 is 0 Å². The smallest absolute Gasteiger partial charge is 0.241 e.